The molecule has 5 nitrogen and oxygen atoms in total. The Balaban J connectivity index is 4.35. The Kier molecular flexibility index (Phi) is 13.2. The van der Waals surface area contributed by atoms with Crippen molar-refractivity contribution >= 4 is 5.97 Å². The predicted octanol–water partition coefficient (Wildman–Crippen LogP) is 3.20. The van der Waals surface area contributed by atoms with Gasteiger partial charge in [0.1, 0.15) is 6.61 Å². The Bertz CT molecular complexity index is 351. The smallest absolute Gasteiger partial charge is 0.308 e. The SMILES string of the molecule is CCC(CC(C)(C)C)C(=O)OCCN(CCCN(C)C)CCCN(C)C. The van der Waals surface area contributed by atoms with Gasteiger partial charge in [0.15, 0.2) is 0 Å². The van der Waals surface area contributed by atoms with Crippen molar-refractivity contribution in [3.8, 4) is 0 Å². The highest BCUT2D eigenvalue weighted by Gasteiger charge is 2.24. The van der Waals surface area contributed by atoms with Gasteiger partial charge in [0.2, 0.25) is 0 Å². The number of carbonyl (C=O) groups excluding carboxylic acids is 1. The summed E-state index contributed by atoms with van der Waals surface area (Å²) >= 11 is 0. The van der Waals surface area contributed by atoms with Crippen LogP contribution in [0.4, 0.5) is 0 Å². The summed E-state index contributed by atoms with van der Waals surface area (Å²) in [7, 11) is 8.44. The van der Waals surface area contributed by atoms with Crippen molar-refractivity contribution < 1.29 is 9.53 Å². The average Bonchev–Trinajstić information content (AvgIpc) is 2.50. The van der Waals surface area contributed by atoms with Crippen LogP contribution in [0.2, 0.25) is 0 Å². The third-order valence-corrected chi connectivity index (χ3v) is 4.50. The van der Waals surface area contributed by atoms with E-state index in [0.29, 0.717) is 6.61 Å². The van der Waals surface area contributed by atoms with Gasteiger partial charge in [-0.2, -0.15) is 0 Å². The zero-order valence-electron chi connectivity index (χ0n) is 18.8. The molecule has 0 amide bonds. The highest BCUT2D eigenvalue weighted by atomic mass is 16.5. The Morgan fingerprint density at radius 2 is 1.38 bits per heavy atom. The Labute approximate surface area is 163 Å². The van der Waals surface area contributed by atoms with Gasteiger partial charge in [0, 0.05) is 6.54 Å². The third kappa shape index (κ3) is 14.5. The molecule has 0 rings (SSSR count). The molecule has 0 heterocycles. The second-order valence-electron chi connectivity index (χ2n) is 9.19. The van der Waals surface area contributed by atoms with E-state index in [2.05, 4.69) is 70.6 Å². The van der Waals surface area contributed by atoms with Crippen LogP contribution in [-0.4, -0.2) is 88.2 Å². The summed E-state index contributed by atoms with van der Waals surface area (Å²) in [5.41, 5.74) is 0.157. The summed E-state index contributed by atoms with van der Waals surface area (Å²) in [6.45, 7) is 14.3. The van der Waals surface area contributed by atoms with Gasteiger partial charge in [-0.1, -0.05) is 27.7 Å². The summed E-state index contributed by atoms with van der Waals surface area (Å²) in [6.07, 6.45) is 4.03. The number of rotatable bonds is 14. The number of hydrogen-bond acceptors (Lipinski definition) is 5. The zero-order chi connectivity index (χ0) is 20.2. The molecule has 0 aromatic heterocycles. The van der Waals surface area contributed by atoms with Crippen LogP contribution < -0.4 is 0 Å². The Morgan fingerprint density at radius 3 is 1.77 bits per heavy atom. The van der Waals surface area contributed by atoms with E-state index in [4.69, 9.17) is 4.74 Å². The monoisotopic (exact) mass is 371 g/mol. The summed E-state index contributed by atoms with van der Waals surface area (Å²) in [5.74, 6) is -0.00473. The minimum atomic E-state index is -0.0241. The topological polar surface area (TPSA) is 36.0 Å². The van der Waals surface area contributed by atoms with Gasteiger partial charge in [-0.15, -0.1) is 0 Å². The van der Waals surface area contributed by atoms with E-state index in [-0.39, 0.29) is 17.3 Å². The molecule has 0 N–H and O–H groups in total. The molecule has 0 radical (unpaired) electrons. The molecule has 0 aliphatic rings. The van der Waals surface area contributed by atoms with E-state index >= 15 is 0 Å². The molecular weight excluding hydrogens is 326 g/mol. The van der Waals surface area contributed by atoms with Crippen molar-refractivity contribution in [2.75, 3.05) is 67.5 Å². The summed E-state index contributed by atoms with van der Waals surface area (Å²) < 4.78 is 5.62. The first-order chi connectivity index (χ1) is 12.0. The second kappa shape index (κ2) is 13.5. The maximum absolute atomic E-state index is 12.4. The molecule has 0 bridgehead atoms. The van der Waals surface area contributed by atoms with E-state index in [1.165, 1.54) is 0 Å². The Hall–Kier alpha value is -0.650. The van der Waals surface area contributed by atoms with Crippen LogP contribution in [0.25, 0.3) is 0 Å². The van der Waals surface area contributed by atoms with E-state index in [1.807, 2.05) is 0 Å². The molecule has 156 valence electrons. The van der Waals surface area contributed by atoms with E-state index in [1.54, 1.807) is 0 Å². The predicted molar refractivity (Wildman–Crippen MR) is 112 cm³/mol. The molecule has 0 fully saturated rings. The number of hydrogen-bond donors (Lipinski definition) is 0. The first-order valence-corrected chi connectivity index (χ1v) is 10.2. The molecule has 0 aliphatic carbocycles. The molecule has 26 heavy (non-hydrogen) atoms. The standard InChI is InChI=1S/C21H45N3O2/c1-9-19(18-21(2,3)4)20(25)26-17-16-24(14-10-12-22(5)6)15-11-13-23(7)8/h19H,9-18H2,1-8H3. The number of carbonyl (C=O) groups is 1. The van der Waals surface area contributed by atoms with Crippen LogP contribution in [0.3, 0.4) is 0 Å². The maximum Gasteiger partial charge on any atom is 0.308 e. The van der Waals surface area contributed by atoms with Crippen molar-refractivity contribution in [2.45, 2.75) is 53.4 Å². The van der Waals surface area contributed by atoms with Gasteiger partial charge in [0.25, 0.3) is 0 Å². The Morgan fingerprint density at radius 1 is 0.885 bits per heavy atom. The van der Waals surface area contributed by atoms with Crippen molar-refractivity contribution in [3.05, 3.63) is 0 Å². The van der Waals surface area contributed by atoms with Gasteiger partial charge >= 0.3 is 5.97 Å². The molecule has 0 saturated carbocycles. The molecule has 5 heteroatoms. The van der Waals surface area contributed by atoms with Crippen LogP contribution in [0.1, 0.15) is 53.4 Å². The van der Waals surface area contributed by atoms with Crippen LogP contribution in [0.5, 0.6) is 0 Å². The van der Waals surface area contributed by atoms with Gasteiger partial charge in [0.05, 0.1) is 5.92 Å². The van der Waals surface area contributed by atoms with E-state index < -0.39 is 0 Å². The van der Waals surface area contributed by atoms with E-state index in [0.717, 1.165) is 58.4 Å². The molecule has 1 atom stereocenters. The van der Waals surface area contributed by atoms with Crippen molar-refractivity contribution in [2.24, 2.45) is 11.3 Å². The summed E-state index contributed by atoms with van der Waals surface area (Å²) in [5, 5.41) is 0. The second-order valence-corrected chi connectivity index (χ2v) is 9.19. The van der Waals surface area contributed by atoms with Crippen molar-refractivity contribution in [3.63, 3.8) is 0 Å². The first kappa shape index (κ1) is 25.4. The van der Waals surface area contributed by atoms with Gasteiger partial charge in [-0.25, -0.2) is 0 Å². The lowest BCUT2D eigenvalue weighted by molar-refractivity contribution is -0.150. The summed E-state index contributed by atoms with van der Waals surface area (Å²) in [6, 6.07) is 0. The van der Waals surface area contributed by atoms with E-state index in [9.17, 15) is 4.79 Å². The third-order valence-electron chi connectivity index (χ3n) is 4.50. The molecule has 1 unspecified atom stereocenters. The molecular formula is C21H45N3O2. The normalized spacial score (nSPS) is 13.7. The zero-order valence-corrected chi connectivity index (χ0v) is 18.8. The number of esters is 1. The van der Waals surface area contributed by atoms with Crippen LogP contribution in [0.15, 0.2) is 0 Å². The average molecular weight is 372 g/mol. The molecule has 0 spiro atoms. The summed E-state index contributed by atoms with van der Waals surface area (Å²) in [4.78, 5) is 19.3. The minimum Gasteiger partial charge on any atom is -0.464 e. The van der Waals surface area contributed by atoms with Crippen molar-refractivity contribution in [1.82, 2.24) is 14.7 Å². The van der Waals surface area contributed by atoms with Crippen LogP contribution in [-0.2, 0) is 9.53 Å². The lowest BCUT2D eigenvalue weighted by Gasteiger charge is -2.26. The molecule has 0 aromatic carbocycles. The minimum absolute atomic E-state index is 0.0194. The fourth-order valence-corrected chi connectivity index (χ4v) is 3.08. The van der Waals surface area contributed by atoms with Gasteiger partial charge in [-0.3, -0.25) is 9.69 Å². The maximum atomic E-state index is 12.4. The first-order valence-electron chi connectivity index (χ1n) is 10.2. The van der Waals surface area contributed by atoms with Gasteiger partial charge in [-0.05, 0) is 85.5 Å². The highest BCUT2D eigenvalue weighted by molar-refractivity contribution is 5.72. The van der Waals surface area contributed by atoms with Crippen LogP contribution in [0, 0.1) is 11.3 Å². The van der Waals surface area contributed by atoms with Crippen molar-refractivity contribution in [1.29, 1.82) is 0 Å². The van der Waals surface area contributed by atoms with Crippen LogP contribution >= 0.6 is 0 Å². The highest BCUT2D eigenvalue weighted by Crippen LogP contribution is 2.27. The van der Waals surface area contributed by atoms with Gasteiger partial charge < -0.3 is 14.5 Å². The fourth-order valence-electron chi connectivity index (χ4n) is 3.08. The largest absolute Gasteiger partial charge is 0.464 e. The molecule has 0 saturated heterocycles. The lowest BCUT2D eigenvalue weighted by atomic mass is 9.83. The number of ether oxygens (including phenoxy) is 1. The molecule has 0 aliphatic heterocycles. The molecule has 0 aromatic rings. The lowest BCUT2D eigenvalue weighted by Crippen LogP contribution is -2.34. The quantitative estimate of drug-likeness (QED) is 0.438. The number of nitrogens with zero attached hydrogens (tertiary/aromatic N) is 3. The fraction of sp³-hybridized carbons (Fsp3) is 0.952.